The van der Waals surface area contributed by atoms with E-state index in [1.807, 2.05) is 30.3 Å². The van der Waals surface area contributed by atoms with Crippen LogP contribution in [0.3, 0.4) is 0 Å². The summed E-state index contributed by atoms with van der Waals surface area (Å²) in [7, 11) is 0. The summed E-state index contributed by atoms with van der Waals surface area (Å²) in [5.41, 5.74) is 1.80. The van der Waals surface area contributed by atoms with E-state index in [2.05, 4.69) is 42.2 Å². The van der Waals surface area contributed by atoms with E-state index in [1.165, 1.54) is 5.56 Å². The minimum Gasteiger partial charge on any atom is -0.385 e. The van der Waals surface area contributed by atoms with E-state index >= 15 is 0 Å². The molecule has 1 N–H and O–H groups in total. The SMILES string of the molecule is CC(Cc1ccccc1)N1CCC(O)(c2ccccc2)CC1. The van der Waals surface area contributed by atoms with Crippen LogP contribution < -0.4 is 0 Å². The van der Waals surface area contributed by atoms with Crippen molar-refractivity contribution < 1.29 is 5.11 Å². The van der Waals surface area contributed by atoms with Crippen LogP contribution in [0.4, 0.5) is 0 Å². The van der Waals surface area contributed by atoms with Crippen LogP contribution in [-0.4, -0.2) is 29.1 Å². The number of likely N-dealkylation sites (tertiary alicyclic amines) is 1. The molecule has 0 amide bonds. The highest BCUT2D eigenvalue weighted by atomic mass is 16.3. The van der Waals surface area contributed by atoms with Crippen molar-refractivity contribution in [1.82, 2.24) is 4.90 Å². The Balaban J connectivity index is 1.59. The van der Waals surface area contributed by atoms with E-state index in [1.54, 1.807) is 0 Å². The van der Waals surface area contributed by atoms with Gasteiger partial charge in [-0.1, -0.05) is 60.7 Å². The standard InChI is InChI=1S/C20H25NO/c1-17(16-18-8-4-2-5-9-18)21-14-12-20(22,13-15-21)19-10-6-3-7-11-19/h2-11,17,22H,12-16H2,1H3. The Morgan fingerprint density at radius 1 is 0.955 bits per heavy atom. The highest BCUT2D eigenvalue weighted by Crippen LogP contribution is 2.33. The van der Waals surface area contributed by atoms with Crippen molar-refractivity contribution in [3.05, 3.63) is 71.8 Å². The van der Waals surface area contributed by atoms with Gasteiger partial charge in [0.05, 0.1) is 5.60 Å². The van der Waals surface area contributed by atoms with Crippen molar-refractivity contribution in [2.75, 3.05) is 13.1 Å². The molecule has 1 fully saturated rings. The molecule has 1 atom stereocenters. The molecule has 2 nitrogen and oxygen atoms in total. The molecule has 0 saturated carbocycles. The van der Waals surface area contributed by atoms with Crippen LogP contribution in [0.5, 0.6) is 0 Å². The molecule has 22 heavy (non-hydrogen) atoms. The molecule has 1 unspecified atom stereocenters. The Bertz CT molecular complexity index is 573. The summed E-state index contributed by atoms with van der Waals surface area (Å²) in [6.45, 7) is 4.21. The van der Waals surface area contributed by atoms with Gasteiger partial charge in [0.2, 0.25) is 0 Å². The lowest BCUT2D eigenvalue weighted by molar-refractivity contribution is -0.0339. The molecule has 2 aromatic carbocycles. The largest absolute Gasteiger partial charge is 0.385 e. The van der Waals surface area contributed by atoms with E-state index in [0.29, 0.717) is 6.04 Å². The summed E-state index contributed by atoms with van der Waals surface area (Å²) in [6.07, 6.45) is 2.71. The lowest BCUT2D eigenvalue weighted by Gasteiger charge is -2.41. The molecule has 1 aliphatic rings. The summed E-state index contributed by atoms with van der Waals surface area (Å²) in [6, 6.07) is 21.3. The Morgan fingerprint density at radius 3 is 2.09 bits per heavy atom. The molecule has 0 radical (unpaired) electrons. The van der Waals surface area contributed by atoms with Crippen LogP contribution in [0.15, 0.2) is 60.7 Å². The van der Waals surface area contributed by atoms with Gasteiger partial charge in [0.1, 0.15) is 0 Å². The summed E-state index contributed by atoms with van der Waals surface area (Å²) in [4.78, 5) is 2.50. The molecular weight excluding hydrogens is 270 g/mol. The first-order valence-corrected chi connectivity index (χ1v) is 8.23. The van der Waals surface area contributed by atoms with Gasteiger partial charge in [0.25, 0.3) is 0 Å². The zero-order valence-electron chi connectivity index (χ0n) is 13.3. The van der Waals surface area contributed by atoms with Gasteiger partial charge < -0.3 is 10.0 Å². The molecule has 0 aromatic heterocycles. The number of hydrogen-bond donors (Lipinski definition) is 1. The first-order chi connectivity index (χ1) is 10.7. The molecule has 3 rings (SSSR count). The molecule has 1 saturated heterocycles. The number of piperidine rings is 1. The molecule has 1 heterocycles. The average molecular weight is 295 g/mol. The van der Waals surface area contributed by atoms with Gasteiger partial charge in [-0.15, -0.1) is 0 Å². The number of benzene rings is 2. The monoisotopic (exact) mass is 295 g/mol. The molecular formula is C20H25NO. The number of aliphatic hydroxyl groups is 1. The minimum atomic E-state index is -0.649. The Morgan fingerprint density at radius 2 is 1.50 bits per heavy atom. The van der Waals surface area contributed by atoms with Crippen LogP contribution in [0.1, 0.15) is 30.9 Å². The third-order valence-corrected chi connectivity index (χ3v) is 4.93. The van der Waals surface area contributed by atoms with E-state index in [0.717, 1.165) is 37.9 Å². The maximum atomic E-state index is 10.9. The third-order valence-electron chi connectivity index (χ3n) is 4.93. The predicted octanol–water partition coefficient (Wildman–Crippen LogP) is 3.60. The zero-order chi connectivity index (χ0) is 15.4. The van der Waals surface area contributed by atoms with Crippen LogP contribution in [0.25, 0.3) is 0 Å². The maximum absolute atomic E-state index is 10.9. The fourth-order valence-electron chi connectivity index (χ4n) is 3.46. The van der Waals surface area contributed by atoms with Crippen LogP contribution in [0.2, 0.25) is 0 Å². The molecule has 116 valence electrons. The van der Waals surface area contributed by atoms with Crippen LogP contribution in [-0.2, 0) is 12.0 Å². The Hall–Kier alpha value is -1.64. The second kappa shape index (κ2) is 6.64. The first-order valence-electron chi connectivity index (χ1n) is 8.23. The molecule has 0 bridgehead atoms. The third kappa shape index (κ3) is 3.40. The zero-order valence-corrected chi connectivity index (χ0v) is 13.3. The topological polar surface area (TPSA) is 23.5 Å². The van der Waals surface area contributed by atoms with E-state index in [4.69, 9.17) is 0 Å². The van der Waals surface area contributed by atoms with Gasteiger partial charge >= 0.3 is 0 Å². The number of rotatable bonds is 4. The van der Waals surface area contributed by atoms with Crippen molar-refractivity contribution in [3.63, 3.8) is 0 Å². The van der Waals surface area contributed by atoms with Gasteiger partial charge in [0.15, 0.2) is 0 Å². The van der Waals surface area contributed by atoms with Crippen molar-refractivity contribution in [2.45, 2.75) is 37.8 Å². The quantitative estimate of drug-likeness (QED) is 0.931. The predicted molar refractivity (Wildman–Crippen MR) is 90.8 cm³/mol. The van der Waals surface area contributed by atoms with Crippen LogP contribution in [0, 0.1) is 0 Å². The number of nitrogens with zero attached hydrogens (tertiary/aromatic N) is 1. The average Bonchev–Trinajstić information content (AvgIpc) is 2.57. The molecule has 0 aliphatic carbocycles. The lowest BCUT2D eigenvalue weighted by Crippen LogP contribution is -2.46. The van der Waals surface area contributed by atoms with Gasteiger partial charge in [-0.05, 0) is 37.3 Å². The van der Waals surface area contributed by atoms with E-state index in [9.17, 15) is 5.11 Å². The van der Waals surface area contributed by atoms with Gasteiger partial charge in [-0.2, -0.15) is 0 Å². The summed E-state index contributed by atoms with van der Waals surface area (Å²) >= 11 is 0. The fourth-order valence-corrected chi connectivity index (χ4v) is 3.46. The Kier molecular flexibility index (Phi) is 4.60. The molecule has 1 aliphatic heterocycles. The van der Waals surface area contributed by atoms with Gasteiger partial charge in [-0.25, -0.2) is 0 Å². The summed E-state index contributed by atoms with van der Waals surface area (Å²) < 4.78 is 0. The number of hydrogen-bond acceptors (Lipinski definition) is 2. The van der Waals surface area contributed by atoms with Crippen molar-refractivity contribution in [2.24, 2.45) is 0 Å². The summed E-state index contributed by atoms with van der Waals surface area (Å²) in [5.74, 6) is 0. The maximum Gasteiger partial charge on any atom is 0.0920 e. The molecule has 2 aromatic rings. The minimum absolute atomic E-state index is 0.516. The normalized spacial score (nSPS) is 19.7. The van der Waals surface area contributed by atoms with Gasteiger partial charge in [0, 0.05) is 19.1 Å². The second-order valence-corrected chi connectivity index (χ2v) is 6.47. The van der Waals surface area contributed by atoms with Crippen molar-refractivity contribution in [3.8, 4) is 0 Å². The van der Waals surface area contributed by atoms with E-state index < -0.39 is 5.60 Å². The second-order valence-electron chi connectivity index (χ2n) is 6.47. The molecule has 2 heteroatoms. The van der Waals surface area contributed by atoms with Crippen molar-refractivity contribution >= 4 is 0 Å². The Labute approximate surface area is 133 Å². The van der Waals surface area contributed by atoms with Gasteiger partial charge in [-0.3, -0.25) is 0 Å². The fraction of sp³-hybridized carbons (Fsp3) is 0.400. The smallest absolute Gasteiger partial charge is 0.0920 e. The van der Waals surface area contributed by atoms with Crippen molar-refractivity contribution in [1.29, 1.82) is 0 Å². The highest BCUT2D eigenvalue weighted by molar-refractivity contribution is 5.23. The van der Waals surface area contributed by atoms with E-state index in [-0.39, 0.29) is 0 Å². The first kappa shape index (κ1) is 15.3. The summed E-state index contributed by atoms with van der Waals surface area (Å²) in [5, 5.41) is 10.9. The lowest BCUT2D eigenvalue weighted by atomic mass is 9.84. The van der Waals surface area contributed by atoms with Crippen LogP contribution >= 0.6 is 0 Å². The highest BCUT2D eigenvalue weighted by Gasteiger charge is 2.34. The molecule has 0 spiro atoms.